The predicted molar refractivity (Wildman–Crippen MR) is 64.3 cm³/mol. The molecule has 0 aromatic rings. The maximum Gasteiger partial charge on any atom is 0.221 e. The third-order valence-corrected chi connectivity index (χ3v) is 3.42. The van der Waals surface area contributed by atoms with Gasteiger partial charge < -0.3 is 5.32 Å². The van der Waals surface area contributed by atoms with Crippen LogP contribution in [-0.4, -0.2) is 5.91 Å². The fourth-order valence-corrected chi connectivity index (χ4v) is 2.55. The SMILES string of the molecule is CC(=O)NC1=CCC2CCC(Br)=CC2=C1. The number of hydrogen-bond acceptors (Lipinski definition) is 1. The molecule has 2 rings (SSSR count). The number of nitrogens with one attached hydrogen (secondary N) is 1. The van der Waals surface area contributed by atoms with E-state index >= 15 is 0 Å². The maximum absolute atomic E-state index is 10.9. The van der Waals surface area contributed by atoms with Gasteiger partial charge in [-0.05, 0) is 47.4 Å². The van der Waals surface area contributed by atoms with Crippen LogP contribution in [-0.2, 0) is 4.79 Å². The summed E-state index contributed by atoms with van der Waals surface area (Å²) in [5, 5.41) is 2.83. The Hall–Kier alpha value is -0.830. The Morgan fingerprint density at radius 2 is 2.33 bits per heavy atom. The molecule has 1 unspecified atom stereocenters. The summed E-state index contributed by atoms with van der Waals surface area (Å²) in [6.07, 6.45) is 9.75. The zero-order chi connectivity index (χ0) is 10.8. The number of carbonyl (C=O) groups is 1. The number of fused-ring (bicyclic) bond motifs is 1. The van der Waals surface area contributed by atoms with Gasteiger partial charge in [0.05, 0.1) is 0 Å². The molecule has 0 bridgehead atoms. The van der Waals surface area contributed by atoms with E-state index in [1.165, 1.54) is 23.4 Å². The first-order valence-electron chi connectivity index (χ1n) is 5.20. The van der Waals surface area contributed by atoms with E-state index in [-0.39, 0.29) is 5.91 Å². The molecule has 1 N–H and O–H groups in total. The van der Waals surface area contributed by atoms with Crippen molar-refractivity contribution in [1.82, 2.24) is 5.32 Å². The van der Waals surface area contributed by atoms with Crippen LogP contribution in [0.25, 0.3) is 0 Å². The first-order valence-corrected chi connectivity index (χ1v) is 6.00. The van der Waals surface area contributed by atoms with E-state index in [1.807, 2.05) is 0 Å². The summed E-state index contributed by atoms with van der Waals surface area (Å²) in [5.41, 5.74) is 2.27. The molecule has 80 valence electrons. The molecule has 2 nitrogen and oxygen atoms in total. The molecule has 0 saturated heterocycles. The molecule has 0 aromatic heterocycles. The molecule has 2 aliphatic rings. The van der Waals surface area contributed by atoms with Crippen molar-refractivity contribution < 1.29 is 4.79 Å². The van der Waals surface area contributed by atoms with Gasteiger partial charge in [-0.3, -0.25) is 4.79 Å². The van der Waals surface area contributed by atoms with Gasteiger partial charge in [-0.1, -0.05) is 22.0 Å². The zero-order valence-electron chi connectivity index (χ0n) is 8.72. The molecule has 3 heteroatoms. The molecule has 0 radical (unpaired) electrons. The van der Waals surface area contributed by atoms with Crippen LogP contribution >= 0.6 is 15.9 Å². The lowest BCUT2D eigenvalue weighted by molar-refractivity contribution is -0.118. The van der Waals surface area contributed by atoms with E-state index in [0.717, 1.165) is 18.5 Å². The summed E-state index contributed by atoms with van der Waals surface area (Å²) in [4.78, 5) is 10.9. The molecule has 1 atom stereocenters. The van der Waals surface area contributed by atoms with Crippen molar-refractivity contribution in [2.75, 3.05) is 0 Å². The zero-order valence-corrected chi connectivity index (χ0v) is 10.3. The fourth-order valence-electron chi connectivity index (χ4n) is 2.06. The Morgan fingerprint density at radius 1 is 1.53 bits per heavy atom. The summed E-state index contributed by atoms with van der Waals surface area (Å²) in [6.45, 7) is 1.54. The van der Waals surface area contributed by atoms with Crippen LogP contribution in [0.5, 0.6) is 0 Å². The summed E-state index contributed by atoms with van der Waals surface area (Å²) in [6, 6.07) is 0. The Kier molecular flexibility index (Phi) is 3.10. The van der Waals surface area contributed by atoms with Gasteiger partial charge in [-0.2, -0.15) is 0 Å². The topological polar surface area (TPSA) is 29.1 Å². The first-order chi connectivity index (χ1) is 7.15. The van der Waals surface area contributed by atoms with Crippen molar-refractivity contribution in [2.24, 2.45) is 5.92 Å². The minimum atomic E-state index is -0.00425. The Morgan fingerprint density at radius 3 is 3.07 bits per heavy atom. The van der Waals surface area contributed by atoms with Crippen LogP contribution in [0.1, 0.15) is 26.2 Å². The lowest BCUT2D eigenvalue weighted by Gasteiger charge is -2.25. The van der Waals surface area contributed by atoms with Crippen molar-refractivity contribution in [3.8, 4) is 0 Å². The van der Waals surface area contributed by atoms with Crippen molar-refractivity contribution >= 4 is 21.8 Å². The molecule has 1 amide bonds. The lowest BCUT2D eigenvalue weighted by atomic mass is 9.83. The highest BCUT2D eigenvalue weighted by Gasteiger charge is 2.20. The van der Waals surface area contributed by atoms with Crippen LogP contribution in [0.2, 0.25) is 0 Å². The summed E-state index contributed by atoms with van der Waals surface area (Å²) < 4.78 is 1.26. The second kappa shape index (κ2) is 4.35. The molecular formula is C12H14BrNO. The molecule has 0 heterocycles. The van der Waals surface area contributed by atoms with Gasteiger partial charge in [0.2, 0.25) is 5.91 Å². The maximum atomic E-state index is 10.9. The van der Waals surface area contributed by atoms with E-state index in [9.17, 15) is 4.79 Å². The number of rotatable bonds is 1. The number of halogens is 1. The Labute approximate surface area is 98.3 Å². The van der Waals surface area contributed by atoms with E-state index in [4.69, 9.17) is 0 Å². The molecule has 2 aliphatic carbocycles. The van der Waals surface area contributed by atoms with Crippen LogP contribution in [0.4, 0.5) is 0 Å². The van der Waals surface area contributed by atoms with Crippen molar-refractivity contribution in [1.29, 1.82) is 0 Å². The predicted octanol–water partition coefficient (Wildman–Crippen LogP) is 3.03. The Balaban J connectivity index is 2.18. The highest BCUT2D eigenvalue weighted by molar-refractivity contribution is 9.11. The molecule has 0 saturated carbocycles. The quantitative estimate of drug-likeness (QED) is 0.778. The number of allylic oxidation sites excluding steroid dienone is 5. The number of amides is 1. The van der Waals surface area contributed by atoms with Gasteiger partial charge in [0.15, 0.2) is 0 Å². The van der Waals surface area contributed by atoms with Crippen LogP contribution in [0.3, 0.4) is 0 Å². The van der Waals surface area contributed by atoms with E-state index in [0.29, 0.717) is 5.92 Å². The van der Waals surface area contributed by atoms with Crippen LogP contribution in [0, 0.1) is 5.92 Å². The summed E-state index contributed by atoms with van der Waals surface area (Å²) in [5.74, 6) is 0.638. The normalized spacial score (nSPS) is 24.7. The molecule has 0 aromatic carbocycles. The van der Waals surface area contributed by atoms with Gasteiger partial charge in [-0.25, -0.2) is 0 Å². The molecule has 0 fully saturated rings. The summed E-state index contributed by atoms with van der Waals surface area (Å²) >= 11 is 3.53. The standard InChI is InChI=1S/C12H14BrNO/c1-8(15)14-12-5-3-9-2-4-11(13)6-10(9)7-12/h5-7,9H,2-4H2,1H3,(H,14,15). The van der Waals surface area contributed by atoms with Crippen LogP contribution < -0.4 is 5.32 Å². The van der Waals surface area contributed by atoms with Gasteiger partial charge in [-0.15, -0.1) is 0 Å². The smallest absolute Gasteiger partial charge is 0.221 e. The number of hydrogen-bond donors (Lipinski definition) is 1. The second-order valence-electron chi connectivity index (χ2n) is 4.05. The van der Waals surface area contributed by atoms with Gasteiger partial charge >= 0.3 is 0 Å². The van der Waals surface area contributed by atoms with E-state index < -0.39 is 0 Å². The third-order valence-electron chi connectivity index (χ3n) is 2.79. The van der Waals surface area contributed by atoms with Crippen LogP contribution in [0.15, 0.2) is 34.0 Å². The van der Waals surface area contributed by atoms with E-state index in [2.05, 4.69) is 39.5 Å². The minimum absolute atomic E-state index is 0.00425. The summed E-state index contributed by atoms with van der Waals surface area (Å²) in [7, 11) is 0. The van der Waals surface area contributed by atoms with Gasteiger partial charge in [0.25, 0.3) is 0 Å². The van der Waals surface area contributed by atoms with Gasteiger partial charge in [0, 0.05) is 12.6 Å². The third kappa shape index (κ3) is 2.59. The molecular weight excluding hydrogens is 254 g/mol. The first kappa shape index (κ1) is 10.7. The fraction of sp³-hybridized carbons (Fsp3) is 0.417. The average Bonchev–Trinajstić information content (AvgIpc) is 2.16. The second-order valence-corrected chi connectivity index (χ2v) is 5.07. The molecule has 0 aliphatic heterocycles. The molecule has 0 spiro atoms. The molecule has 15 heavy (non-hydrogen) atoms. The number of carbonyl (C=O) groups excluding carboxylic acids is 1. The Bertz CT molecular complexity index is 379. The minimum Gasteiger partial charge on any atom is -0.327 e. The monoisotopic (exact) mass is 267 g/mol. The van der Waals surface area contributed by atoms with Crippen molar-refractivity contribution in [3.05, 3.63) is 34.0 Å². The highest BCUT2D eigenvalue weighted by atomic mass is 79.9. The van der Waals surface area contributed by atoms with Crippen molar-refractivity contribution in [2.45, 2.75) is 26.2 Å². The van der Waals surface area contributed by atoms with Gasteiger partial charge in [0.1, 0.15) is 0 Å². The lowest BCUT2D eigenvalue weighted by Crippen LogP contribution is -2.21. The highest BCUT2D eigenvalue weighted by Crippen LogP contribution is 2.36. The average molecular weight is 268 g/mol. The van der Waals surface area contributed by atoms with E-state index in [1.54, 1.807) is 0 Å². The largest absolute Gasteiger partial charge is 0.327 e. The van der Waals surface area contributed by atoms with Crippen molar-refractivity contribution in [3.63, 3.8) is 0 Å².